The van der Waals surface area contributed by atoms with Crippen LogP contribution in [0.3, 0.4) is 0 Å². The molecular formula is C24H35F3N4O. The maximum absolute atomic E-state index is 13.2. The Morgan fingerprint density at radius 2 is 1.62 bits per heavy atom. The standard InChI is InChI=1S/C24H35F3N4O/c25-24(26,27)19-10-11-28-22(17-19)30-12-14-31(15-13-30)23(32)18-6-5-9-21(16-18)29-20-7-3-1-2-4-8-20/h10-11,17-18,20-21,29H,1-9,12-16H2. The zero-order chi connectivity index (χ0) is 22.6. The van der Waals surface area contributed by atoms with E-state index in [1.54, 1.807) is 0 Å². The SMILES string of the molecule is O=C(C1CCCC(NC2CCCCCC2)C1)N1CCN(c2cc(C(F)(F)F)ccn2)CC1. The van der Waals surface area contributed by atoms with Crippen molar-refractivity contribution in [2.24, 2.45) is 5.92 Å². The molecule has 0 bridgehead atoms. The van der Waals surface area contributed by atoms with E-state index in [9.17, 15) is 18.0 Å². The van der Waals surface area contributed by atoms with Gasteiger partial charge in [0.25, 0.3) is 0 Å². The van der Waals surface area contributed by atoms with Crippen LogP contribution in [0.1, 0.15) is 69.8 Å². The van der Waals surface area contributed by atoms with Gasteiger partial charge in [-0.1, -0.05) is 32.1 Å². The molecule has 5 nitrogen and oxygen atoms in total. The largest absolute Gasteiger partial charge is 0.416 e. The lowest BCUT2D eigenvalue weighted by molar-refractivity contribution is -0.138. The monoisotopic (exact) mass is 452 g/mol. The molecule has 1 N–H and O–H groups in total. The fourth-order valence-corrected chi connectivity index (χ4v) is 5.53. The minimum Gasteiger partial charge on any atom is -0.353 e. The number of halogens is 3. The summed E-state index contributed by atoms with van der Waals surface area (Å²) in [5.74, 6) is 0.608. The van der Waals surface area contributed by atoms with Crippen LogP contribution in [0.15, 0.2) is 18.3 Å². The Morgan fingerprint density at radius 3 is 2.31 bits per heavy atom. The first-order valence-corrected chi connectivity index (χ1v) is 12.2. The van der Waals surface area contributed by atoms with Crippen LogP contribution in [0.2, 0.25) is 0 Å². The Hall–Kier alpha value is -1.83. The minimum absolute atomic E-state index is 0.0604. The molecule has 0 spiro atoms. The van der Waals surface area contributed by atoms with E-state index in [1.807, 2.05) is 9.80 Å². The van der Waals surface area contributed by atoms with E-state index in [2.05, 4.69) is 10.3 Å². The predicted molar refractivity (Wildman–Crippen MR) is 118 cm³/mol. The number of carbonyl (C=O) groups is 1. The highest BCUT2D eigenvalue weighted by Gasteiger charge is 2.34. The van der Waals surface area contributed by atoms with Crippen LogP contribution in [0, 0.1) is 5.92 Å². The number of carbonyl (C=O) groups excluding carboxylic acids is 1. The molecule has 178 valence electrons. The number of pyridine rings is 1. The number of piperazine rings is 1. The van der Waals surface area contributed by atoms with E-state index in [-0.39, 0.29) is 11.8 Å². The van der Waals surface area contributed by atoms with Crippen molar-refractivity contribution in [3.63, 3.8) is 0 Å². The zero-order valence-electron chi connectivity index (χ0n) is 18.7. The lowest BCUT2D eigenvalue weighted by Crippen LogP contribution is -2.52. The molecule has 2 aliphatic carbocycles. The first-order valence-electron chi connectivity index (χ1n) is 12.2. The summed E-state index contributed by atoms with van der Waals surface area (Å²) < 4.78 is 39.0. The van der Waals surface area contributed by atoms with Crippen molar-refractivity contribution in [3.05, 3.63) is 23.9 Å². The second-order valence-corrected chi connectivity index (χ2v) is 9.63. The molecule has 0 aromatic carbocycles. The van der Waals surface area contributed by atoms with E-state index in [1.165, 1.54) is 44.7 Å². The van der Waals surface area contributed by atoms with Crippen molar-refractivity contribution in [3.8, 4) is 0 Å². The molecule has 2 heterocycles. The lowest BCUT2D eigenvalue weighted by Gasteiger charge is -2.39. The number of anilines is 1. The molecule has 8 heteroatoms. The molecule has 3 fully saturated rings. The van der Waals surface area contributed by atoms with Gasteiger partial charge in [-0.05, 0) is 44.2 Å². The quantitative estimate of drug-likeness (QED) is 0.678. The van der Waals surface area contributed by atoms with E-state index < -0.39 is 11.7 Å². The van der Waals surface area contributed by atoms with Crippen LogP contribution in [-0.4, -0.2) is 54.1 Å². The first-order chi connectivity index (χ1) is 15.4. The van der Waals surface area contributed by atoms with Crippen LogP contribution in [0.25, 0.3) is 0 Å². The van der Waals surface area contributed by atoms with Gasteiger partial charge >= 0.3 is 6.18 Å². The number of amides is 1. The van der Waals surface area contributed by atoms with Crippen LogP contribution < -0.4 is 10.2 Å². The number of hydrogen-bond donors (Lipinski definition) is 1. The van der Waals surface area contributed by atoms with Crippen molar-refractivity contribution >= 4 is 11.7 Å². The summed E-state index contributed by atoms with van der Waals surface area (Å²) in [5, 5.41) is 3.85. The fourth-order valence-electron chi connectivity index (χ4n) is 5.53. The second-order valence-electron chi connectivity index (χ2n) is 9.63. The molecule has 32 heavy (non-hydrogen) atoms. The van der Waals surface area contributed by atoms with Crippen molar-refractivity contribution in [2.75, 3.05) is 31.1 Å². The van der Waals surface area contributed by atoms with Crippen molar-refractivity contribution in [1.29, 1.82) is 0 Å². The molecule has 1 aliphatic heterocycles. The summed E-state index contributed by atoms with van der Waals surface area (Å²) in [5.41, 5.74) is -0.685. The van der Waals surface area contributed by atoms with Crippen molar-refractivity contribution < 1.29 is 18.0 Å². The van der Waals surface area contributed by atoms with Crippen LogP contribution in [0.5, 0.6) is 0 Å². The molecule has 1 amide bonds. The van der Waals surface area contributed by atoms with Gasteiger partial charge in [0, 0.05) is 50.4 Å². The molecule has 2 atom stereocenters. The number of rotatable bonds is 4. The highest BCUT2D eigenvalue weighted by Crippen LogP contribution is 2.32. The molecule has 1 aromatic heterocycles. The Labute approximate surface area is 188 Å². The molecule has 2 unspecified atom stereocenters. The van der Waals surface area contributed by atoms with Gasteiger partial charge in [-0.15, -0.1) is 0 Å². The molecule has 0 radical (unpaired) electrons. The Bertz CT molecular complexity index is 756. The summed E-state index contributed by atoms with van der Waals surface area (Å²) in [6.07, 6.45) is 8.69. The van der Waals surface area contributed by atoms with Gasteiger partial charge in [-0.2, -0.15) is 13.2 Å². The molecule has 2 saturated carbocycles. The van der Waals surface area contributed by atoms with Crippen LogP contribution >= 0.6 is 0 Å². The molecular weight excluding hydrogens is 417 g/mol. The van der Waals surface area contributed by atoms with E-state index in [0.717, 1.165) is 37.8 Å². The maximum Gasteiger partial charge on any atom is 0.416 e. The van der Waals surface area contributed by atoms with Gasteiger partial charge in [-0.3, -0.25) is 4.79 Å². The van der Waals surface area contributed by atoms with Gasteiger partial charge in [0.1, 0.15) is 5.82 Å². The van der Waals surface area contributed by atoms with E-state index >= 15 is 0 Å². The second kappa shape index (κ2) is 10.4. The first kappa shape index (κ1) is 23.3. The summed E-state index contributed by atoms with van der Waals surface area (Å²) in [6, 6.07) is 3.12. The molecule has 1 aromatic rings. The predicted octanol–water partition coefficient (Wildman–Crippen LogP) is 4.62. The molecule has 3 aliphatic rings. The number of nitrogens with one attached hydrogen (secondary N) is 1. The van der Waals surface area contributed by atoms with E-state index in [4.69, 9.17) is 0 Å². The highest BCUT2D eigenvalue weighted by atomic mass is 19.4. The third kappa shape index (κ3) is 5.94. The Kier molecular flexibility index (Phi) is 7.59. The Balaban J connectivity index is 1.28. The van der Waals surface area contributed by atoms with Gasteiger partial charge in [0.2, 0.25) is 5.91 Å². The van der Waals surface area contributed by atoms with Crippen molar-refractivity contribution in [2.45, 2.75) is 82.5 Å². The summed E-state index contributed by atoms with van der Waals surface area (Å²) in [7, 11) is 0. The maximum atomic E-state index is 13.2. The zero-order valence-corrected chi connectivity index (χ0v) is 18.7. The highest BCUT2D eigenvalue weighted by molar-refractivity contribution is 5.79. The van der Waals surface area contributed by atoms with Crippen LogP contribution in [0.4, 0.5) is 19.0 Å². The van der Waals surface area contributed by atoms with E-state index in [0.29, 0.717) is 44.1 Å². The average molecular weight is 453 g/mol. The minimum atomic E-state index is -4.38. The number of alkyl halides is 3. The van der Waals surface area contributed by atoms with Crippen molar-refractivity contribution in [1.82, 2.24) is 15.2 Å². The third-order valence-electron chi connectivity index (χ3n) is 7.34. The van der Waals surface area contributed by atoms with Gasteiger partial charge < -0.3 is 15.1 Å². The van der Waals surface area contributed by atoms with Gasteiger partial charge in [0.15, 0.2) is 0 Å². The summed E-state index contributed by atoms with van der Waals surface area (Å²) in [4.78, 5) is 21.1. The normalized spacial score (nSPS) is 26.1. The number of aromatic nitrogens is 1. The number of nitrogens with zero attached hydrogens (tertiary/aromatic N) is 3. The molecule has 1 saturated heterocycles. The van der Waals surface area contributed by atoms with Gasteiger partial charge in [-0.25, -0.2) is 4.98 Å². The smallest absolute Gasteiger partial charge is 0.353 e. The summed E-state index contributed by atoms with van der Waals surface area (Å²) in [6.45, 7) is 2.09. The summed E-state index contributed by atoms with van der Waals surface area (Å²) >= 11 is 0. The van der Waals surface area contributed by atoms with Crippen LogP contribution in [-0.2, 0) is 11.0 Å². The topological polar surface area (TPSA) is 48.5 Å². The Morgan fingerprint density at radius 1 is 0.938 bits per heavy atom. The molecule has 4 rings (SSSR count). The fraction of sp³-hybridized carbons (Fsp3) is 0.750. The lowest BCUT2D eigenvalue weighted by atomic mass is 9.84. The third-order valence-corrected chi connectivity index (χ3v) is 7.34. The average Bonchev–Trinajstić information content (AvgIpc) is 3.07. The number of hydrogen-bond acceptors (Lipinski definition) is 4. The van der Waals surface area contributed by atoms with Gasteiger partial charge in [0.05, 0.1) is 5.56 Å².